The predicted molar refractivity (Wildman–Crippen MR) is 74.3 cm³/mol. The van der Waals surface area contributed by atoms with Crippen molar-refractivity contribution in [2.75, 3.05) is 0 Å². The number of aliphatic carboxylic acids is 4. The summed E-state index contributed by atoms with van der Waals surface area (Å²) < 4.78 is 0. The highest BCUT2D eigenvalue weighted by Gasteiger charge is 2.34. The van der Waals surface area contributed by atoms with Crippen molar-refractivity contribution in [3.63, 3.8) is 0 Å². The maximum Gasteiger partial charge on any atom is 0.307 e. The summed E-state index contributed by atoms with van der Waals surface area (Å²) in [7, 11) is 0. The number of hydrogen-bond acceptors (Lipinski definition) is 4. The van der Waals surface area contributed by atoms with Crippen molar-refractivity contribution in [3.8, 4) is 0 Å². The second-order valence-corrected chi connectivity index (χ2v) is 4.90. The summed E-state index contributed by atoms with van der Waals surface area (Å²) in [4.78, 5) is 44.0. The lowest BCUT2D eigenvalue weighted by molar-refractivity contribution is -0.154. The van der Waals surface area contributed by atoms with Gasteiger partial charge in [0.05, 0.1) is 24.2 Å². The number of carboxylic acids is 4. The molecule has 22 heavy (non-hydrogen) atoms. The van der Waals surface area contributed by atoms with Crippen LogP contribution in [0.4, 0.5) is 0 Å². The van der Waals surface area contributed by atoms with E-state index < -0.39 is 48.1 Å². The predicted octanol–water partition coefficient (Wildman–Crippen LogP) is 1.31. The van der Waals surface area contributed by atoms with E-state index in [0.717, 1.165) is 0 Å². The minimum absolute atomic E-state index is 0.0134. The first-order valence-corrected chi connectivity index (χ1v) is 6.72. The van der Waals surface area contributed by atoms with Gasteiger partial charge in [0.2, 0.25) is 0 Å². The molecule has 0 aliphatic rings. The van der Waals surface area contributed by atoms with Crippen LogP contribution in [-0.4, -0.2) is 44.3 Å². The Balaban J connectivity index is 5.01. The van der Waals surface area contributed by atoms with E-state index >= 15 is 0 Å². The molecular weight excluding hydrogens is 296 g/mol. The molecule has 0 rings (SSSR count). The highest BCUT2D eigenvalue weighted by Crippen LogP contribution is 2.26. The Labute approximate surface area is 127 Å². The largest absolute Gasteiger partial charge is 0.481 e. The molecule has 3 unspecified atom stereocenters. The zero-order chi connectivity index (χ0) is 17.3. The Hall–Kier alpha value is -2.38. The van der Waals surface area contributed by atoms with E-state index in [1.807, 2.05) is 0 Å². The third kappa shape index (κ3) is 6.87. The standard InChI is InChI=1S/C14H20O8/c1-2-3-4-9(13(19)20)10(14(21)22)6-5-8(12(17)18)7-11(15)16/h2-3,8-10H,4-7H2,1H3,(H,15,16)(H,17,18)(H,19,20)(H,21,22). The molecule has 0 aromatic rings. The van der Waals surface area contributed by atoms with Crippen LogP contribution in [0.15, 0.2) is 12.2 Å². The molecular formula is C14H20O8. The van der Waals surface area contributed by atoms with Crippen LogP contribution < -0.4 is 0 Å². The first-order chi connectivity index (χ1) is 10.2. The molecule has 124 valence electrons. The summed E-state index contributed by atoms with van der Waals surface area (Å²) in [5, 5.41) is 35.9. The van der Waals surface area contributed by atoms with Gasteiger partial charge in [-0.2, -0.15) is 0 Å². The van der Waals surface area contributed by atoms with Gasteiger partial charge >= 0.3 is 23.9 Å². The molecule has 0 saturated heterocycles. The number of carboxylic acid groups (broad SMARTS) is 4. The highest BCUT2D eigenvalue weighted by molar-refractivity contribution is 5.80. The molecule has 0 saturated carbocycles. The molecule has 0 amide bonds. The second kappa shape index (κ2) is 9.54. The van der Waals surface area contributed by atoms with E-state index in [9.17, 15) is 24.3 Å². The number of carbonyl (C=O) groups is 4. The van der Waals surface area contributed by atoms with Gasteiger partial charge in [-0.3, -0.25) is 19.2 Å². The van der Waals surface area contributed by atoms with Gasteiger partial charge in [-0.25, -0.2) is 0 Å². The normalized spacial score (nSPS) is 15.1. The fourth-order valence-corrected chi connectivity index (χ4v) is 2.12. The van der Waals surface area contributed by atoms with E-state index in [0.29, 0.717) is 0 Å². The summed E-state index contributed by atoms with van der Waals surface area (Å²) >= 11 is 0. The number of allylic oxidation sites excluding steroid dienone is 2. The molecule has 0 aliphatic carbocycles. The summed E-state index contributed by atoms with van der Waals surface area (Å²) in [5.41, 5.74) is 0. The van der Waals surface area contributed by atoms with Crippen LogP contribution in [0.25, 0.3) is 0 Å². The third-order valence-electron chi connectivity index (χ3n) is 3.34. The Morgan fingerprint density at radius 3 is 1.77 bits per heavy atom. The van der Waals surface area contributed by atoms with Crippen molar-refractivity contribution in [2.24, 2.45) is 17.8 Å². The highest BCUT2D eigenvalue weighted by atomic mass is 16.4. The number of rotatable bonds is 11. The summed E-state index contributed by atoms with van der Waals surface area (Å²) in [6.45, 7) is 1.67. The van der Waals surface area contributed by atoms with Gasteiger partial charge in [-0.15, -0.1) is 0 Å². The van der Waals surface area contributed by atoms with Gasteiger partial charge in [0, 0.05) is 0 Å². The Kier molecular flexibility index (Phi) is 8.51. The van der Waals surface area contributed by atoms with Crippen molar-refractivity contribution in [2.45, 2.75) is 32.6 Å². The first kappa shape index (κ1) is 19.6. The van der Waals surface area contributed by atoms with Crippen LogP contribution >= 0.6 is 0 Å². The minimum Gasteiger partial charge on any atom is -0.481 e. The molecule has 0 fully saturated rings. The maximum absolute atomic E-state index is 11.3. The van der Waals surface area contributed by atoms with E-state index in [-0.39, 0.29) is 19.3 Å². The van der Waals surface area contributed by atoms with E-state index in [1.165, 1.54) is 6.08 Å². The lowest BCUT2D eigenvalue weighted by Crippen LogP contribution is -2.31. The molecule has 0 spiro atoms. The van der Waals surface area contributed by atoms with Gasteiger partial charge in [0.25, 0.3) is 0 Å². The van der Waals surface area contributed by atoms with E-state index in [4.69, 9.17) is 15.3 Å². The van der Waals surface area contributed by atoms with Crippen molar-refractivity contribution in [1.29, 1.82) is 0 Å². The van der Waals surface area contributed by atoms with Crippen LogP contribution in [0.2, 0.25) is 0 Å². The van der Waals surface area contributed by atoms with Gasteiger partial charge in [0.1, 0.15) is 0 Å². The average Bonchev–Trinajstić information content (AvgIpc) is 2.39. The quantitative estimate of drug-likeness (QED) is 0.417. The fourth-order valence-electron chi connectivity index (χ4n) is 2.12. The maximum atomic E-state index is 11.3. The lowest BCUT2D eigenvalue weighted by Gasteiger charge is -2.20. The van der Waals surface area contributed by atoms with Crippen LogP contribution in [0.3, 0.4) is 0 Å². The lowest BCUT2D eigenvalue weighted by atomic mass is 9.83. The van der Waals surface area contributed by atoms with E-state index in [2.05, 4.69) is 0 Å². The van der Waals surface area contributed by atoms with Gasteiger partial charge < -0.3 is 20.4 Å². The molecule has 3 atom stereocenters. The van der Waals surface area contributed by atoms with Crippen LogP contribution in [0.1, 0.15) is 32.6 Å². The van der Waals surface area contributed by atoms with Gasteiger partial charge in [-0.05, 0) is 26.2 Å². The topological polar surface area (TPSA) is 149 Å². The molecule has 8 heteroatoms. The van der Waals surface area contributed by atoms with Crippen molar-refractivity contribution >= 4 is 23.9 Å². The fraction of sp³-hybridized carbons (Fsp3) is 0.571. The molecule has 4 N–H and O–H groups in total. The van der Waals surface area contributed by atoms with Crippen LogP contribution in [0.5, 0.6) is 0 Å². The zero-order valence-electron chi connectivity index (χ0n) is 12.1. The van der Waals surface area contributed by atoms with Gasteiger partial charge in [-0.1, -0.05) is 12.2 Å². The van der Waals surface area contributed by atoms with Gasteiger partial charge in [0.15, 0.2) is 0 Å². The molecule has 0 aromatic heterocycles. The Morgan fingerprint density at radius 2 is 1.41 bits per heavy atom. The molecule has 0 radical (unpaired) electrons. The SMILES string of the molecule is CC=CCC(C(=O)O)C(CCC(CC(=O)O)C(=O)O)C(=O)O. The third-order valence-corrected chi connectivity index (χ3v) is 3.34. The summed E-state index contributed by atoms with van der Waals surface area (Å²) in [6, 6.07) is 0. The average molecular weight is 316 g/mol. The van der Waals surface area contributed by atoms with E-state index in [1.54, 1.807) is 13.0 Å². The summed E-state index contributed by atoms with van der Waals surface area (Å²) in [6.07, 6.45) is 2.08. The minimum atomic E-state index is -1.34. The molecule has 8 nitrogen and oxygen atoms in total. The Bertz CT molecular complexity index is 454. The Morgan fingerprint density at radius 1 is 0.864 bits per heavy atom. The van der Waals surface area contributed by atoms with Crippen molar-refractivity contribution < 1.29 is 39.6 Å². The van der Waals surface area contributed by atoms with Crippen LogP contribution in [0, 0.1) is 17.8 Å². The number of hydrogen-bond donors (Lipinski definition) is 4. The smallest absolute Gasteiger partial charge is 0.307 e. The monoisotopic (exact) mass is 316 g/mol. The van der Waals surface area contributed by atoms with Crippen molar-refractivity contribution in [3.05, 3.63) is 12.2 Å². The second-order valence-electron chi connectivity index (χ2n) is 4.90. The molecule has 0 bridgehead atoms. The molecule has 0 aliphatic heterocycles. The molecule has 0 aromatic carbocycles. The van der Waals surface area contributed by atoms with Crippen LogP contribution in [-0.2, 0) is 19.2 Å². The summed E-state index contributed by atoms with van der Waals surface area (Å²) in [5.74, 6) is -8.96. The first-order valence-electron chi connectivity index (χ1n) is 6.72. The molecule has 0 heterocycles. The zero-order valence-corrected chi connectivity index (χ0v) is 12.1. The van der Waals surface area contributed by atoms with Crippen molar-refractivity contribution in [1.82, 2.24) is 0 Å².